The molecular weight excluding hydrogens is 364 g/mol. The lowest BCUT2D eigenvalue weighted by molar-refractivity contribution is -0.111. The highest BCUT2D eigenvalue weighted by atomic mass is 16.1. The first-order valence-electron chi connectivity index (χ1n) is 9.28. The van der Waals surface area contributed by atoms with Crippen molar-refractivity contribution in [2.75, 3.05) is 28.6 Å². The van der Waals surface area contributed by atoms with Crippen molar-refractivity contribution in [1.82, 2.24) is 15.0 Å². The summed E-state index contributed by atoms with van der Waals surface area (Å²) >= 11 is 0. The van der Waals surface area contributed by atoms with E-state index in [2.05, 4.69) is 43.0 Å². The molecule has 29 heavy (non-hydrogen) atoms. The number of terminal acetylenes is 1. The highest BCUT2D eigenvalue weighted by Crippen LogP contribution is 2.29. The molecule has 1 fully saturated rings. The second-order valence-corrected chi connectivity index (χ2v) is 6.78. The van der Waals surface area contributed by atoms with Crippen molar-refractivity contribution < 1.29 is 4.79 Å². The number of pyridine rings is 1. The molecular formula is C22H20N6O. The topological polar surface area (TPSA) is 83.0 Å². The molecule has 0 unspecified atom stereocenters. The third-order valence-corrected chi connectivity index (χ3v) is 4.84. The van der Waals surface area contributed by atoms with Gasteiger partial charge in [0, 0.05) is 48.8 Å². The number of nitrogens with one attached hydrogen (secondary N) is 2. The average molecular weight is 384 g/mol. The smallest absolute Gasteiger partial charge is 0.247 e. The minimum Gasteiger partial charge on any atom is -0.354 e. The Morgan fingerprint density at radius 2 is 2.10 bits per heavy atom. The lowest BCUT2D eigenvalue weighted by Crippen LogP contribution is -2.27. The van der Waals surface area contributed by atoms with Crippen LogP contribution in [0.4, 0.5) is 17.5 Å². The van der Waals surface area contributed by atoms with Crippen molar-refractivity contribution in [2.24, 2.45) is 0 Å². The molecule has 1 atom stereocenters. The van der Waals surface area contributed by atoms with E-state index in [9.17, 15) is 4.79 Å². The van der Waals surface area contributed by atoms with Crippen LogP contribution in [0.15, 0.2) is 55.5 Å². The summed E-state index contributed by atoms with van der Waals surface area (Å²) in [5.41, 5.74) is 1.39. The van der Waals surface area contributed by atoms with Gasteiger partial charge in [0.2, 0.25) is 11.9 Å². The molecule has 7 heteroatoms. The maximum Gasteiger partial charge on any atom is 0.247 e. The molecule has 3 heterocycles. The van der Waals surface area contributed by atoms with E-state index < -0.39 is 0 Å². The number of anilines is 3. The molecule has 1 aliphatic rings. The largest absolute Gasteiger partial charge is 0.354 e. The van der Waals surface area contributed by atoms with Gasteiger partial charge in [-0.3, -0.25) is 4.79 Å². The van der Waals surface area contributed by atoms with E-state index in [0.717, 1.165) is 41.8 Å². The third kappa shape index (κ3) is 4.01. The Morgan fingerprint density at radius 1 is 1.28 bits per heavy atom. The van der Waals surface area contributed by atoms with Crippen molar-refractivity contribution >= 4 is 34.1 Å². The van der Waals surface area contributed by atoms with Crippen LogP contribution in [0, 0.1) is 12.3 Å². The van der Waals surface area contributed by atoms with Gasteiger partial charge < -0.3 is 15.5 Å². The van der Waals surface area contributed by atoms with Crippen LogP contribution in [0.25, 0.3) is 10.8 Å². The fraction of sp³-hybridized carbons (Fsp3) is 0.182. The number of carbonyl (C=O) groups is 1. The monoisotopic (exact) mass is 384 g/mol. The van der Waals surface area contributed by atoms with Crippen molar-refractivity contribution in [3.8, 4) is 12.3 Å². The number of nitrogens with zero attached hydrogens (tertiary/aromatic N) is 4. The molecule has 0 bridgehead atoms. The molecule has 0 saturated carbocycles. The van der Waals surface area contributed by atoms with E-state index >= 15 is 0 Å². The van der Waals surface area contributed by atoms with Crippen LogP contribution in [-0.4, -0.2) is 40.0 Å². The van der Waals surface area contributed by atoms with Gasteiger partial charge in [-0.1, -0.05) is 12.5 Å². The number of amides is 1. The van der Waals surface area contributed by atoms with E-state index in [0.29, 0.717) is 11.5 Å². The third-order valence-electron chi connectivity index (χ3n) is 4.84. The van der Waals surface area contributed by atoms with Crippen LogP contribution in [-0.2, 0) is 4.79 Å². The zero-order valence-corrected chi connectivity index (χ0v) is 15.8. The van der Waals surface area contributed by atoms with Gasteiger partial charge in [-0.2, -0.15) is 0 Å². The predicted octanol–water partition coefficient (Wildman–Crippen LogP) is 2.82. The van der Waals surface area contributed by atoms with Crippen molar-refractivity contribution in [3.05, 3.63) is 61.1 Å². The van der Waals surface area contributed by atoms with Crippen LogP contribution in [0.2, 0.25) is 0 Å². The Bertz CT molecular complexity index is 1100. The molecule has 0 radical (unpaired) electrons. The summed E-state index contributed by atoms with van der Waals surface area (Å²) in [7, 11) is 0. The Morgan fingerprint density at radius 3 is 2.86 bits per heavy atom. The van der Waals surface area contributed by atoms with Crippen molar-refractivity contribution in [2.45, 2.75) is 12.5 Å². The Kier molecular flexibility index (Phi) is 5.08. The molecule has 7 nitrogen and oxygen atoms in total. The van der Waals surface area contributed by atoms with Crippen LogP contribution in [0.5, 0.6) is 0 Å². The summed E-state index contributed by atoms with van der Waals surface area (Å²) in [5.74, 6) is 3.78. The maximum absolute atomic E-state index is 11.5. The number of fused-ring (bicyclic) bond motifs is 1. The van der Waals surface area contributed by atoms with Crippen LogP contribution >= 0.6 is 0 Å². The maximum atomic E-state index is 11.5. The molecule has 0 aliphatic carbocycles. The first kappa shape index (κ1) is 18.4. The fourth-order valence-corrected chi connectivity index (χ4v) is 3.42. The highest BCUT2D eigenvalue weighted by Gasteiger charge is 2.25. The Hall–Kier alpha value is -3.92. The second kappa shape index (κ2) is 7.98. The first-order chi connectivity index (χ1) is 14.2. The number of benzene rings is 1. The second-order valence-electron chi connectivity index (χ2n) is 6.78. The SMILES string of the molecule is C#Cc1cnc(N[C@@H]2CCN(c3nccc4cc(NC(=O)C=C)ccc34)C2)nc1. The minimum absolute atomic E-state index is 0.217. The molecule has 1 saturated heterocycles. The summed E-state index contributed by atoms with van der Waals surface area (Å²) in [6, 6.07) is 7.96. The Labute approximate surface area is 168 Å². The van der Waals surface area contributed by atoms with E-state index in [4.69, 9.17) is 6.42 Å². The van der Waals surface area contributed by atoms with Gasteiger partial charge in [-0.15, -0.1) is 6.42 Å². The lowest BCUT2D eigenvalue weighted by Gasteiger charge is -2.20. The van der Waals surface area contributed by atoms with Crippen LogP contribution in [0.3, 0.4) is 0 Å². The molecule has 1 aliphatic heterocycles. The highest BCUT2D eigenvalue weighted by molar-refractivity contribution is 6.01. The molecule has 144 valence electrons. The average Bonchev–Trinajstić information content (AvgIpc) is 3.22. The predicted molar refractivity (Wildman–Crippen MR) is 115 cm³/mol. The van der Waals surface area contributed by atoms with Crippen LogP contribution < -0.4 is 15.5 Å². The zero-order valence-electron chi connectivity index (χ0n) is 15.8. The van der Waals surface area contributed by atoms with Gasteiger partial charge in [0.1, 0.15) is 5.82 Å². The first-order valence-corrected chi connectivity index (χ1v) is 9.28. The zero-order chi connectivity index (χ0) is 20.2. The van der Waals surface area contributed by atoms with Crippen LogP contribution in [0.1, 0.15) is 12.0 Å². The molecule has 1 amide bonds. The quantitative estimate of drug-likeness (QED) is 0.520. The molecule has 0 spiro atoms. The number of hydrogen-bond acceptors (Lipinski definition) is 6. The number of carbonyl (C=O) groups excluding carboxylic acids is 1. The summed E-state index contributed by atoms with van der Waals surface area (Å²) in [4.78, 5) is 26.9. The molecule has 1 aromatic carbocycles. The summed E-state index contributed by atoms with van der Waals surface area (Å²) in [5, 5.41) is 8.20. The number of hydrogen-bond donors (Lipinski definition) is 2. The van der Waals surface area contributed by atoms with Gasteiger partial charge >= 0.3 is 0 Å². The Balaban J connectivity index is 1.50. The van der Waals surface area contributed by atoms with E-state index in [1.807, 2.05) is 24.3 Å². The van der Waals surface area contributed by atoms with Gasteiger partial charge in [-0.05, 0) is 42.1 Å². The number of aromatic nitrogens is 3. The minimum atomic E-state index is -0.232. The van der Waals surface area contributed by atoms with Gasteiger partial charge in [-0.25, -0.2) is 15.0 Å². The standard InChI is InChI=1S/C22H20N6O/c1-3-15-12-24-22(25-13-15)27-18-8-10-28(14-18)21-19-6-5-17(26-20(29)4-2)11-16(19)7-9-23-21/h1,4-7,9,11-13,18H,2,8,10,14H2,(H,26,29)(H,24,25,27)/t18-/m1/s1. The number of rotatable bonds is 5. The van der Waals surface area contributed by atoms with Gasteiger partial charge in [0.15, 0.2) is 0 Å². The summed E-state index contributed by atoms with van der Waals surface area (Å²) < 4.78 is 0. The molecule has 3 aromatic rings. The summed E-state index contributed by atoms with van der Waals surface area (Å²) in [6.07, 6.45) is 12.6. The fourth-order valence-electron chi connectivity index (χ4n) is 3.42. The molecule has 2 aromatic heterocycles. The normalized spacial score (nSPS) is 15.7. The van der Waals surface area contributed by atoms with Crippen molar-refractivity contribution in [3.63, 3.8) is 0 Å². The summed E-state index contributed by atoms with van der Waals surface area (Å²) in [6.45, 7) is 5.15. The van der Waals surface area contributed by atoms with E-state index in [1.165, 1.54) is 6.08 Å². The molecule has 4 rings (SSSR count). The van der Waals surface area contributed by atoms with Gasteiger partial charge in [0.05, 0.1) is 5.56 Å². The van der Waals surface area contributed by atoms with E-state index in [-0.39, 0.29) is 11.9 Å². The lowest BCUT2D eigenvalue weighted by atomic mass is 10.1. The van der Waals surface area contributed by atoms with Gasteiger partial charge in [0.25, 0.3) is 0 Å². The molecule has 2 N–H and O–H groups in total. The van der Waals surface area contributed by atoms with E-state index in [1.54, 1.807) is 18.6 Å². The van der Waals surface area contributed by atoms with Crippen molar-refractivity contribution in [1.29, 1.82) is 0 Å².